The van der Waals surface area contributed by atoms with Gasteiger partial charge >= 0.3 is 0 Å². The highest BCUT2D eigenvalue weighted by Crippen LogP contribution is 2.56. The van der Waals surface area contributed by atoms with Gasteiger partial charge in [0.05, 0.1) is 0 Å². The van der Waals surface area contributed by atoms with Gasteiger partial charge in [-0.3, -0.25) is 0 Å². The molecule has 0 aromatic carbocycles. The summed E-state index contributed by atoms with van der Waals surface area (Å²) in [7, 11) is 5.70. The van der Waals surface area contributed by atoms with Crippen molar-refractivity contribution >= 4 is 7.85 Å². The van der Waals surface area contributed by atoms with Crippen molar-refractivity contribution in [3.05, 3.63) is 0 Å². The molecule has 2 aliphatic rings. The number of rotatable bonds is 1. The Morgan fingerprint density at radius 1 is 1.42 bits per heavy atom. The summed E-state index contributed by atoms with van der Waals surface area (Å²) in [5.41, 5.74) is -0.326. The van der Waals surface area contributed by atoms with Crippen molar-refractivity contribution in [2.24, 2.45) is 11.3 Å². The molecule has 2 radical (unpaired) electrons. The lowest BCUT2D eigenvalue weighted by Gasteiger charge is -2.39. The molecule has 12 heavy (non-hydrogen) atoms. The predicted molar refractivity (Wildman–Crippen MR) is 50.0 cm³/mol. The fourth-order valence-electron chi connectivity index (χ4n) is 2.84. The molecule has 2 saturated carbocycles. The summed E-state index contributed by atoms with van der Waals surface area (Å²) in [6.45, 7) is 1.75. The lowest BCUT2D eigenvalue weighted by Crippen LogP contribution is -2.35. The van der Waals surface area contributed by atoms with Gasteiger partial charge in [-0.25, -0.2) is 0 Å². The quantitative estimate of drug-likeness (QED) is 0.586. The van der Waals surface area contributed by atoms with E-state index in [1.807, 2.05) is 0 Å². The number of hydrogen-bond donors (Lipinski definition) is 1. The van der Waals surface area contributed by atoms with Crippen molar-refractivity contribution in [1.29, 1.82) is 0 Å². The Bertz CT molecular complexity index is 179. The maximum absolute atomic E-state index is 9.65. The Balaban J connectivity index is 1.98. The first kappa shape index (κ1) is 8.62. The molecule has 2 unspecified atom stereocenters. The first-order valence-corrected chi connectivity index (χ1v) is 5.03. The highest BCUT2D eigenvalue weighted by Gasteiger charge is 2.46. The van der Waals surface area contributed by atoms with Gasteiger partial charge in [-0.2, -0.15) is 0 Å². The Morgan fingerprint density at radius 3 is 2.33 bits per heavy atom. The van der Waals surface area contributed by atoms with E-state index in [9.17, 15) is 5.11 Å². The molecule has 2 aliphatic carbocycles. The van der Waals surface area contributed by atoms with Crippen molar-refractivity contribution in [3.63, 3.8) is 0 Å². The molecule has 0 amide bonds. The minimum atomic E-state index is -0.931. The zero-order valence-electron chi connectivity index (χ0n) is 7.84. The molecule has 0 heterocycles. The molecule has 1 N–H and O–H groups in total. The standard InChI is InChI=1S/C10H17BO/c1-9(11,12)8-3-6-10(7-8)4-2-5-10/h8,12H,2-7H2,1H3. The minimum absolute atomic E-state index is 0.345. The highest BCUT2D eigenvalue weighted by molar-refractivity contribution is 6.14. The van der Waals surface area contributed by atoms with E-state index in [1.54, 1.807) is 6.92 Å². The largest absolute Gasteiger partial charge is 0.400 e. The van der Waals surface area contributed by atoms with Crippen molar-refractivity contribution in [3.8, 4) is 0 Å². The summed E-state index contributed by atoms with van der Waals surface area (Å²) in [5, 5.41) is 9.65. The third kappa shape index (κ3) is 1.30. The fourth-order valence-corrected chi connectivity index (χ4v) is 2.84. The van der Waals surface area contributed by atoms with Gasteiger partial charge in [-0.1, -0.05) is 6.42 Å². The van der Waals surface area contributed by atoms with E-state index in [0.717, 1.165) is 12.8 Å². The zero-order chi connectivity index (χ0) is 8.82. The first-order valence-electron chi connectivity index (χ1n) is 5.03. The van der Waals surface area contributed by atoms with Gasteiger partial charge in [0.1, 0.15) is 7.85 Å². The van der Waals surface area contributed by atoms with Crippen LogP contribution in [0.4, 0.5) is 0 Å². The Kier molecular flexibility index (Phi) is 1.80. The molecule has 2 atom stereocenters. The van der Waals surface area contributed by atoms with Crippen molar-refractivity contribution in [1.82, 2.24) is 0 Å². The monoisotopic (exact) mass is 164 g/mol. The molecule has 0 aliphatic heterocycles. The van der Waals surface area contributed by atoms with Crippen molar-refractivity contribution in [2.75, 3.05) is 0 Å². The van der Waals surface area contributed by atoms with Crippen LogP contribution >= 0.6 is 0 Å². The summed E-state index contributed by atoms with van der Waals surface area (Å²) < 4.78 is 0. The van der Waals surface area contributed by atoms with Crippen LogP contribution in [0.5, 0.6) is 0 Å². The second kappa shape index (κ2) is 2.51. The van der Waals surface area contributed by atoms with E-state index in [1.165, 1.54) is 25.7 Å². The van der Waals surface area contributed by atoms with Gasteiger partial charge in [0.15, 0.2) is 0 Å². The third-order valence-electron chi connectivity index (χ3n) is 3.94. The Morgan fingerprint density at radius 2 is 2.08 bits per heavy atom. The number of aliphatic hydroxyl groups is 1. The molecular formula is C10H17BO. The highest BCUT2D eigenvalue weighted by atomic mass is 16.3. The van der Waals surface area contributed by atoms with Crippen LogP contribution in [0.2, 0.25) is 0 Å². The van der Waals surface area contributed by atoms with Gasteiger partial charge in [0.25, 0.3) is 0 Å². The third-order valence-corrected chi connectivity index (χ3v) is 3.94. The van der Waals surface area contributed by atoms with Gasteiger partial charge in [0.2, 0.25) is 0 Å². The summed E-state index contributed by atoms with van der Waals surface area (Å²) >= 11 is 0. The van der Waals surface area contributed by atoms with E-state index in [4.69, 9.17) is 7.85 Å². The molecular weight excluding hydrogens is 147 g/mol. The molecule has 66 valence electrons. The number of hydrogen-bond acceptors (Lipinski definition) is 1. The molecule has 0 aromatic rings. The summed E-state index contributed by atoms with van der Waals surface area (Å²) in [5.74, 6) is 0.345. The lowest BCUT2D eigenvalue weighted by atomic mass is 9.64. The average Bonchev–Trinajstić information content (AvgIpc) is 2.26. The second-order valence-electron chi connectivity index (χ2n) is 5.02. The summed E-state index contributed by atoms with van der Waals surface area (Å²) in [6, 6.07) is 0. The summed E-state index contributed by atoms with van der Waals surface area (Å²) in [4.78, 5) is 0. The van der Waals surface area contributed by atoms with Crippen molar-refractivity contribution in [2.45, 2.75) is 50.9 Å². The molecule has 2 rings (SSSR count). The average molecular weight is 164 g/mol. The van der Waals surface area contributed by atoms with Crippen LogP contribution in [0.15, 0.2) is 0 Å². The van der Waals surface area contributed by atoms with Gasteiger partial charge < -0.3 is 5.11 Å². The summed E-state index contributed by atoms with van der Waals surface area (Å²) in [6.07, 6.45) is 7.73. The van der Waals surface area contributed by atoms with E-state index < -0.39 is 5.50 Å². The first-order chi connectivity index (χ1) is 5.52. The van der Waals surface area contributed by atoms with Gasteiger partial charge in [0, 0.05) is 5.50 Å². The van der Waals surface area contributed by atoms with E-state index in [-0.39, 0.29) is 0 Å². The zero-order valence-corrected chi connectivity index (χ0v) is 7.84. The SMILES string of the molecule is [B]C(C)(O)C1CCC2(CCC2)C1. The Labute approximate surface area is 76.0 Å². The Hall–Kier alpha value is 0.0249. The van der Waals surface area contributed by atoms with Crippen LogP contribution in [0, 0.1) is 11.3 Å². The van der Waals surface area contributed by atoms with Crippen LogP contribution in [0.1, 0.15) is 45.4 Å². The normalized spacial score (nSPS) is 37.7. The van der Waals surface area contributed by atoms with Crippen LogP contribution in [-0.4, -0.2) is 18.5 Å². The smallest absolute Gasteiger partial charge is 0.113 e. The van der Waals surface area contributed by atoms with Gasteiger partial charge in [-0.05, 0) is 50.4 Å². The molecule has 2 heteroatoms. The van der Waals surface area contributed by atoms with Crippen LogP contribution in [0.3, 0.4) is 0 Å². The molecule has 0 saturated heterocycles. The topological polar surface area (TPSA) is 20.2 Å². The van der Waals surface area contributed by atoms with E-state index >= 15 is 0 Å². The van der Waals surface area contributed by atoms with E-state index in [0.29, 0.717) is 11.3 Å². The van der Waals surface area contributed by atoms with Crippen LogP contribution < -0.4 is 0 Å². The molecule has 1 nitrogen and oxygen atoms in total. The van der Waals surface area contributed by atoms with Gasteiger partial charge in [-0.15, -0.1) is 0 Å². The van der Waals surface area contributed by atoms with Crippen LogP contribution in [-0.2, 0) is 0 Å². The maximum Gasteiger partial charge on any atom is 0.113 e. The maximum atomic E-state index is 9.65. The molecule has 2 fully saturated rings. The predicted octanol–water partition coefficient (Wildman–Crippen LogP) is 1.83. The van der Waals surface area contributed by atoms with Crippen LogP contribution in [0.25, 0.3) is 0 Å². The lowest BCUT2D eigenvalue weighted by molar-refractivity contribution is 0.0616. The molecule has 0 bridgehead atoms. The fraction of sp³-hybridized carbons (Fsp3) is 1.00. The second-order valence-corrected chi connectivity index (χ2v) is 5.02. The van der Waals surface area contributed by atoms with Crippen molar-refractivity contribution < 1.29 is 5.11 Å². The minimum Gasteiger partial charge on any atom is -0.400 e. The van der Waals surface area contributed by atoms with E-state index in [2.05, 4.69) is 0 Å². The molecule has 1 spiro atoms. The molecule has 0 aromatic heterocycles.